The number of imidazole rings is 1. The molecule has 0 fully saturated rings. The smallest absolute Gasteiger partial charge is 0.111 e. The molecule has 0 saturated heterocycles. The molecule has 2 aromatic rings. The second kappa shape index (κ2) is 6.40. The number of hydrogen-bond donors (Lipinski definition) is 0. The van der Waals surface area contributed by atoms with E-state index in [0.717, 1.165) is 30.7 Å². The molecule has 0 amide bonds. The average Bonchev–Trinajstić information content (AvgIpc) is 2.74. The maximum atomic E-state index is 5.91. The quantitative estimate of drug-likeness (QED) is 0.757. The maximum Gasteiger partial charge on any atom is 0.111 e. The molecule has 0 aliphatic carbocycles. The fourth-order valence-electron chi connectivity index (χ4n) is 2.42. The van der Waals surface area contributed by atoms with Crippen LogP contribution in [-0.2, 0) is 6.42 Å². The van der Waals surface area contributed by atoms with Crippen LogP contribution in [0.25, 0.3) is 11.0 Å². The van der Waals surface area contributed by atoms with Gasteiger partial charge in [-0.3, -0.25) is 0 Å². The molecular weight excluding hydrogens is 258 g/mol. The van der Waals surface area contributed by atoms with Gasteiger partial charge in [-0.2, -0.15) is 0 Å². The number of fused-ring (bicyclic) bond motifs is 1. The first-order chi connectivity index (χ1) is 9.13. The van der Waals surface area contributed by atoms with Crippen molar-refractivity contribution in [3.8, 4) is 0 Å². The summed E-state index contributed by atoms with van der Waals surface area (Å²) in [4.78, 5) is 6.93. The topological polar surface area (TPSA) is 21.1 Å². The number of nitrogens with zero attached hydrogens (tertiary/aromatic N) is 3. The summed E-state index contributed by atoms with van der Waals surface area (Å²) in [6, 6.07) is 8.76. The predicted octanol–water partition coefficient (Wildman–Crippen LogP) is 3.33. The van der Waals surface area contributed by atoms with Gasteiger partial charge in [0, 0.05) is 18.3 Å². The van der Waals surface area contributed by atoms with Crippen molar-refractivity contribution in [2.75, 3.05) is 26.5 Å². The molecular formula is C15H22ClN3. The van der Waals surface area contributed by atoms with Gasteiger partial charge in [-0.15, -0.1) is 11.6 Å². The molecule has 0 radical (unpaired) electrons. The molecule has 104 valence electrons. The van der Waals surface area contributed by atoms with Gasteiger partial charge in [-0.1, -0.05) is 12.1 Å². The van der Waals surface area contributed by atoms with Crippen LogP contribution in [0.2, 0.25) is 0 Å². The Hall–Kier alpha value is -1.06. The second-order valence-electron chi connectivity index (χ2n) is 5.27. The second-order valence-corrected chi connectivity index (χ2v) is 5.64. The molecule has 0 aliphatic rings. The highest BCUT2D eigenvalue weighted by Crippen LogP contribution is 2.23. The Kier molecular flexibility index (Phi) is 4.83. The summed E-state index contributed by atoms with van der Waals surface area (Å²) < 4.78 is 2.35. The van der Waals surface area contributed by atoms with Crippen molar-refractivity contribution in [3.63, 3.8) is 0 Å². The van der Waals surface area contributed by atoms with Crippen molar-refractivity contribution in [1.29, 1.82) is 0 Å². The lowest BCUT2D eigenvalue weighted by atomic mass is 10.2. The minimum absolute atomic E-state index is 0.438. The van der Waals surface area contributed by atoms with Gasteiger partial charge in [0.1, 0.15) is 5.82 Å². The predicted molar refractivity (Wildman–Crippen MR) is 82.0 cm³/mol. The number of alkyl halides is 1. The summed E-state index contributed by atoms with van der Waals surface area (Å²) in [6.07, 6.45) is 1.94. The molecule has 1 unspecified atom stereocenters. The fourth-order valence-corrected chi connectivity index (χ4v) is 2.59. The van der Waals surface area contributed by atoms with Crippen LogP contribution < -0.4 is 0 Å². The molecule has 1 atom stereocenters. The zero-order valence-electron chi connectivity index (χ0n) is 11.9. The van der Waals surface area contributed by atoms with Gasteiger partial charge in [-0.05, 0) is 46.1 Å². The number of para-hydroxylation sites is 2. The van der Waals surface area contributed by atoms with E-state index in [-0.39, 0.29) is 0 Å². The number of rotatable bonds is 6. The standard InChI is InChI=1S/C15H22ClN3/c1-12(9-11-18(2)3)19-14-7-5-4-6-13(14)17-15(19)8-10-16/h4-7,12H,8-11H2,1-3H3. The number of aromatic nitrogens is 2. The van der Waals surface area contributed by atoms with Gasteiger partial charge in [0.15, 0.2) is 0 Å². The van der Waals surface area contributed by atoms with Crippen LogP contribution in [0.1, 0.15) is 25.2 Å². The highest BCUT2D eigenvalue weighted by Gasteiger charge is 2.15. The van der Waals surface area contributed by atoms with Crippen LogP contribution >= 0.6 is 11.6 Å². The van der Waals surface area contributed by atoms with Gasteiger partial charge in [0.2, 0.25) is 0 Å². The Balaban J connectivity index is 2.35. The van der Waals surface area contributed by atoms with Gasteiger partial charge >= 0.3 is 0 Å². The molecule has 3 nitrogen and oxygen atoms in total. The Morgan fingerprint density at radius 1 is 1.32 bits per heavy atom. The molecule has 1 aromatic carbocycles. The van der Waals surface area contributed by atoms with E-state index in [1.807, 2.05) is 6.07 Å². The highest BCUT2D eigenvalue weighted by atomic mass is 35.5. The van der Waals surface area contributed by atoms with Crippen molar-refractivity contribution in [1.82, 2.24) is 14.5 Å². The zero-order chi connectivity index (χ0) is 13.8. The lowest BCUT2D eigenvalue weighted by molar-refractivity contribution is 0.357. The zero-order valence-corrected chi connectivity index (χ0v) is 12.7. The lowest BCUT2D eigenvalue weighted by Gasteiger charge is -2.19. The Labute approximate surface area is 120 Å². The third-order valence-corrected chi connectivity index (χ3v) is 3.61. The monoisotopic (exact) mass is 279 g/mol. The van der Waals surface area contributed by atoms with E-state index in [4.69, 9.17) is 16.6 Å². The third kappa shape index (κ3) is 3.28. The van der Waals surface area contributed by atoms with Crippen LogP contribution in [0.4, 0.5) is 0 Å². The van der Waals surface area contributed by atoms with E-state index in [0.29, 0.717) is 11.9 Å². The van der Waals surface area contributed by atoms with Crippen LogP contribution in [0.5, 0.6) is 0 Å². The normalized spacial score (nSPS) is 13.3. The summed E-state index contributed by atoms with van der Waals surface area (Å²) in [5.41, 5.74) is 2.29. The molecule has 1 heterocycles. The molecule has 0 aliphatic heterocycles. The van der Waals surface area contributed by atoms with Crippen molar-refractivity contribution < 1.29 is 0 Å². The van der Waals surface area contributed by atoms with Gasteiger partial charge in [0.25, 0.3) is 0 Å². The molecule has 1 aromatic heterocycles. The van der Waals surface area contributed by atoms with Crippen molar-refractivity contribution in [2.45, 2.75) is 25.8 Å². The van der Waals surface area contributed by atoms with E-state index in [2.05, 4.69) is 48.7 Å². The lowest BCUT2D eigenvalue weighted by Crippen LogP contribution is -2.18. The molecule has 0 N–H and O–H groups in total. The van der Waals surface area contributed by atoms with E-state index in [9.17, 15) is 0 Å². The molecule has 2 rings (SSSR count). The molecule has 0 saturated carbocycles. The first-order valence-electron chi connectivity index (χ1n) is 6.80. The SMILES string of the molecule is CC(CCN(C)C)n1c(CCCl)nc2ccccc21. The van der Waals surface area contributed by atoms with Crippen LogP contribution in [0.3, 0.4) is 0 Å². The van der Waals surface area contributed by atoms with Gasteiger partial charge in [-0.25, -0.2) is 4.98 Å². The van der Waals surface area contributed by atoms with Crippen molar-refractivity contribution >= 4 is 22.6 Å². The maximum absolute atomic E-state index is 5.91. The van der Waals surface area contributed by atoms with Gasteiger partial charge in [0.05, 0.1) is 11.0 Å². The summed E-state index contributed by atoms with van der Waals surface area (Å²) in [7, 11) is 4.22. The molecule has 19 heavy (non-hydrogen) atoms. The minimum Gasteiger partial charge on any atom is -0.325 e. The minimum atomic E-state index is 0.438. The first-order valence-corrected chi connectivity index (χ1v) is 7.33. The first kappa shape index (κ1) is 14.4. The van der Waals surface area contributed by atoms with Crippen LogP contribution in [-0.4, -0.2) is 41.0 Å². The number of aryl methyl sites for hydroxylation is 1. The van der Waals surface area contributed by atoms with E-state index in [1.54, 1.807) is 0 Å². The number of benzene rings is 1. The van der Waals surface area contributed by atoms with Crippen LogP contribution in [0, 0.1) is 0 Å². The highest BCUT2D eigenvalue weighted by molar-refractivity contribution is 6.17. The number of hydrogen-bond acceptors (Lipinski definition) is 2. The Morgan fingerprint density at radius 2 is 2.05 bits per heavy atom. The van der Waals surface area contributed by atoms with E-state index < -0.39 is 0 Å². The largest absolute Gasteiger partial charge is 0.325 e. The average molecular weight is 280 g/mol. The van der Waals surface area contributed by atoms with E-state index in [1.165, 1.54) is 5.52 Å². The molecule has 0 bridgehead atoms. The summed E-state index contributed by atoms with van der Waals surface area (Å²) in [6.45, 7) is 3.34. The molecule has 0 spiro atoms. The van der Waals surface area contributed by atoms with Crippen LogP contribution in [0.15, 0.2) is 24.3 Å². The third-order valence-electron chi connectivity index (χ3n) is 3.42. The Bertz CT molecular complexity index is 533. The van der Waals surface area contributed by atoms with Gasteiger partial charge < -0.3 is 9.47 Å². The number of halogens is 1. The fraction of sp³-hybridized carbons (Fsp3) is 0.533. The summed E-state index contributed by atoms with van der Waals surface area (Å²) >= 11 is 5.91. The Morgan fingerprint density at radius 3 is 2.74 bits per heavy atom. The van der Waals surface area contributed by atoms with Crippen molar-refractivity contribution in [2.24, 2.45) is 0 Å². The summed E-state index contributed by atoms with van der Waals surface area (Å²) in [5.74, 6) is 1.71. The van der Waals surface area contributed by atoms with E-state index >= 15 is 0 Å². The van der Waals surface area contributed by atoms with Crippen molar-refractivity contribution in [3.05, 3.63) is 30.1 Å². The molecule has 4 heteroatoms. The summed E-state index contributed by atoms with van der Waals surface area (Å²) in [5, 5.41) is 0.